The molecule has 3 aromatic heterocycles. The molecule has 1 aliphatic carbocycles. The molecule has 0 aromatic carbocycles. The zero-order valence-electron chi connectivity index (χ0n) is 15.2. The Morgan fingerprint density at radius 3 is 2.89 bits per heavy atom. The number of urea groups is 1. The number of rotatable bonds is 4. The highest BCUT2D eigenvalue weighted by atomic mass is 16.2. The van der Waals surface area contributed by atoms with Gasteiger partial charge in [-0.2, -0.15) is 0 Å². The second kappa shape index (κ2) is 7.19. The summed E-state index contributed by atoms with van der Waals surface area (Å²) in [5.41, 5.74) is 9.04. The van der Waals surface area contributed by atoms with Crippen LogP contribution in [0.3, 0.4) is 0 Å². The van der Waals surface area contributed by atoms with E-state index in [-0.39, 0.29) is 12.1 Å². The zero-order valence-corrected chi connectivity index (χ0v) is 15.2. The molecule has 0 bridgehead atoms. The minimum atomic E-state index is -0.227. The number of carbonyl (C=O) groups is 1. The van der Waals surface area contributed by atoms with Gasteiger partial charge in [-0.25, -0.2) is 14.8 Å². The average molecular weight is 362 g/mol. The van der Waals surface area contributed by atoms with E-state index in [1.165, 1.54) is 6.42 Å². The van der Waals surface area contributed by atoms with Crippen molar-refractivity contribution in [3.8, 4) is 11.3 Å². The van der Waals surface area contributed by atoms with Gasteiger partial charge in [0.1, 0.15) is 11.6 Å². The lowest BCUT2D eigenvalue weighted by atomic mass is 9.93. The highest BCUT2D eigenvalue weighted by Crippen LogP contribution is 2.29. The molecule has 7 heteroatoms. The number of fused-ring (bicyclic) bond motifs is 1. The van der Waals surface area contributed by atoms with Gasteiger partial charge in [-0.3, -0.25) is 10.3 Å². The van der Waals surface area contributed by atoms with Crippen molar-refractivity contribution in [1.82, 2.24) is 20.3 Å². The standard InChI is InChI=1S/C20H22N6O/c1-2-12-6-7-22-10-15(12)17-8-13-9-18(23-11-16(13)19(21)25-17)26-20(27)24-14-4-3-5-14/h6-11,14H,2-5H2,1H3,(H2,21,25)(H2,23,24,26,27). The van der Waals surface area contributed by atoms with E-state index in [9.17, 15) is 4.79 Å². The first-order valence-electron chi connectivity index (χ1n) is 9.21. The Balaban J connectivity index is 1.66. The summed E-state index contributed by atoms with van der Waals surface area (Å²) in [4.78, 5) is 25.1. The smallest absolute Gasteiger partial charge is 0.320 e. The van der Waals surface area contributed by atoms with Crippen molar-refractivity contribution in [2.45, 2.75) is 38.6 Å². The monoisotopic (exact) mass is 362 g/mol. The highest BCUT2D eigenvalue weighted by Gasteiger charge is 2.19. The molecule has 1 fully saturated rings. The second-order valence-electron chi connectivity index (χ2n) is 6.80. The van der Waals surface area contributed by atoms with Crippen LogP contribution in [0.4, 0.5) is 16.4 Å². The Kier molecular flexibility index (Phi) is 4.58. The van der Waals surface area contributed by atoms with E-state index in [1.54, 1.807) is 18.6 Å². The molecule has 0 spiro atoms. The first-order chi connectivity index (χ1) is 13.1. The lowest BCUT2D eigenvalue weighted by molar-refractivity contribution is 0.240. The molecule has 3 heterocycles. The Morgan fingerprint density at radius 2 is 2.15 bits per heavy atom. The van der Waals surface area contributed by atoms with Gasteiger partial charge >= 0.3 is 6.03 Å². The Morgan fingerprint density at radius 1 is 1.30 bits per heavy atom. The van der Waals surface area contributed by atoms with Crippen LogP contribution in [0, 0.1) is 0 Å². The average Bonchev–Trinajstić information content (AvgIpc) is 2.64. The summed E-state index contributed by atoms with van der Waals surface area (Å²) in [6.45, 7) is 2.09. The van der Waals surface area contributed by atoms with Gasteiger partial charge in [0, 0.05) is 35.6 Å². The molecule has 1 saturated carbocycles. The van der Waals surface area contributed by atoms with Gasteiger partial charge in [0.25, 0.3) is 0 Å². The maximum absolute atomic E-state index is 12.1. The summed E-state index contributed by atoms with van der Waals surface area (Å²) in [7, 11) is 0. The van der Waals surface area contributed by atoms with Crippen LogP contribution in [0.25, 0.3) is 22.0 Å². The summed E-state index contributed by atoms with van der Waals surface area (Å²) in [5, 5.41) is 7.37. The lowest BCUT2D eigenvalue weighted by Crippen LogP contribution is -2.41. The van der Waals surface area contributed by atoms with E-state index in [4.69, 9.17) is 5.73 Å². The van der Waals surface area contributed by atoms with E-state index in [2.05, 4.69) is 32.5 Å². The molecular formula is C20H22N6O. The minimum absolute atomic E-state index is 0.227. The molecule has 0 atom stereocenters. The van der Waals surface area contributed by atoms with Crippen LogP contribution in [0.15, 0.2) is 36.8 Å². The fourth-order valence-corrected chi connectivity index (χ4v) is 3.23. The Bertz CT molecular complexity index is 999. The fraction of sp³-hybridized carbons (Fsp3) is 0.300. The first-order valence-corrected chi connectivity index (χ1v) is 9.21. The van der Waals surface area contributed by atoms with Gasteiger partial charge in [-0.1, -0.05) is 6.92 Å². The third kappa shape index (κ3) is 3.53. The molecule has 3 aromatic rings. The van der Waals surface area contributed by atoms with E-state index < -0.39 is 0 Å². The number of pyridine rings is 3. The van der Waals surface area contributed by atoms with Crippen LogP contribution in [-0.4, -0.2) is 27.0 Å². The number of hydrogen-bond donors (Lipinski definition) is 3. The summed E-state index contributed by atoms with van der Waals surface area (Å²) >= 11 is 0. The summed E-state index contributed by atoms with van der Waals surface area (Å²) < 4.78 is 0. The van der Waals surface area contributed by atoms with Crippen LogP contribution < -0.4 is 16.4 Å². The van der Waals surface area contributed by atoms with Crippen LogP contribution in [0.5, 0.6) is 0 Å². The number of anilines is 2. The lowest BCUT2D eigenvalue weighted by Gasteiger charge is -2.26. The number of nitrogens with two attached hydrogens (primary N) is 1. The molecule has 0 saturated heterocycles. The molecular weight excluding hydrogens is 340 g/mol. The topological polar surface area (TPSA) is 106 Å². The SMILES string of the molecule is CCc1ccncc1-c1cc2cc(NC(=O)NC3CCC3)ncc2c(N)n1. The molecule has 0 unspecified atom stereocenters. The Hall–Kier alpha value is -3.22. The fourth-order valence-electron chi connectivity index (χ4n) is 3.23. The van der Waals surface area contributed by atoms with Crippen molar-refractivity contribution in [3.63, 3.8) is 0 Å². The van der Waals surface area contributed by atoms with E-state index >= 15 is 0 Å². The molecule has 2 amide bonds. The third-order valence-corrected chi connectivity index (χ3v) is 5.00. The van der Waals surface area contributed by atoms with E-state index in [1.807, 2.05) is 18.2 Å². The molecule has 4 rings (SSSR count). The molecule has 0 radical (unpaired) electrons. The minimum Gasteiger partial charge on any atom is -0.383 e. The van der Waals surface area contributed by atoms with Gasteiger partial charge in [0.2, 0.25) is 0 Å². The van der Waals surface area contributed by atoms with Crippen molar-refractivity contribution in [1.29, 1.82) is 0 Å². The van der Waals surface area contributed by atoms with Gasteiger partial charge in [0.15, 0.2) is 0 Å². The first kappa shape index (κ1) is 17.2. The highest BCUT2D eigenvalue weighted by molar-refractivity contribution is 5.97. The van der Waals surface area contributed by atoms with E-state index in [0.29, 0.717) is 11.6 Å². The predicted octanol–water partition coefficient (Wildman–Crippen LogP) is 3.51. The van der Waals surface area contributed by atoms with Gasteiger partial charge in [-0.05, 0) is 54.8 Å². The molecule has 1 aliphatic rings. The van der Waals surface area contributed by atoms with Crippen molar-refractivity contribution in [2.24, 2.45) is 0 Å². The maximum atomic E-state index is 12.1. The number of aromatic nitrogens is 3. The van der Waals surface area contributed by atoms with Crippen LogP contribution in [0.1, 0.15) is 31.7 Å². The number of nitrogens with zero attached hydrogens (tertiary/aromatic N) is 3. The molecule has 7 nitrogen and oxygen atoms in total. The maximum Gasteiger partial charge on any atom is 0.320 e. The van der Waals surface area contributed by atoms with Crippen LogP contribution in [-0.2, 0) is 6.42 Å². The number of hydrogen-bond acceptors (Lipinski definition) is 5. The Labute approximate surface area is 157 Å². The number of amides is 2. The zero-order chi connectivity index (χ0) is 18.8. The van der Waals surface area contributed by atoms with E-state index in [0.717, 1.165) is 46.9 Å². The predicted molar refractivity (Wildman–Crippen MR) is 106 cm³/mol. The van der Waals surface area contributed by atoms with Gasteiger partial charge < -0.3 is 11.1 Å². The molecule has 0 aliphatic heterocycles. The van der Waals surface area contributed by atoms with Crippen molar-refractivity contribution in [2.75, 3.05) is 11.1 Å². The van der Waals surface area contributed by atoms with Gasteiger partial charge in [-0.15, -0.1) is 0 Å². The number of aryl methyl sites for hydroxylation is 1. The van der Waals surface area contributed by atoms with Crippen molar-refractivity contribution >= 4 is 28.4 Å². The van der Waals surface area contributed by atoms with Crippen LogP contribution in [0.2, 0.25) is 0 Å². The molecule has 4 N–H and O–H groups in total. The summed E-state index contributed by atoms with van der Waals surface area (Å²) in [5.74, 6) is 0.893. The van der Waals surface area contributed by atoms with Crippen molar-refractivity contribution in [3.05, 3.63) is 42.4 Å². The normalized spacial score (nSPS) is 14.0. The summed E-state index contributed by atoms with van der Waals surface area (Å²) in [6.07, 6.45) is 9.34. The number of nitrogens with one attached hydrogen (secondary N) is 2. The quantitative estimate of drug-likeness (QED) is 0.658. The third-order valence-electron chi connectivity index (χ3n) is 5.00. The largest absolute Gasteiger partial charge is 0.383 e. The molecule has 138 valence electrons. The summed E-state index contributed by atoms with van der Waals surface area (Å²) in [6, 6.07) is 5.81. The van der Waals surface area contributed by atoms with Crippen LogP contribution >= 0.6 is 0 Å². The van der Waals surface area contributed by atoms with Crippen molar-refractivity contribution < 1.29 is 4.79 Å². The van der Waals surface area contributed by atoms with Gasteiger partial charge in [0.05, 0.1) is 5.69 Å². The number of carbonyl (C=O) groups excluding carboxylic acids is 1. The number of nitrogen functional groups attached to an aromatic ring is 1. The molecule has 27 heavy (non-hydrogen) atoms. The second-order valence-corrected chi connectivity index (χ2v) is 6.80.